The molecule has 0 unspecified atom stereocenters. The molecule has 2 rings (SSSR count). The van der Waals surface area contributed by atoms with Gasteiger partial charge in [-0.2, -0.15) is 0 Å². The van der Waals surface area contributed by atoms with Crippen LogP contribution in [0.3, 0.4) is 0 Å². The van der Waals surface area contributed by atoms with Gasteiger partial charge in [-0.3, -0.25) is 0 Å². The fourth-order valence-electron chi connectivity index (χ4n) is 1.79. The molecular weight excluding hydrogens is 371 g/mol. The molecule has 0 saturated carbocycles. The van der Waals surface area contributed by atoms with Gasteiger partial charge in [-0.25, -0.2) is 21.6 Å². The van der Waals surface area contributed by atoms with Crippen molar-refractivity contribution >= 4 is 31.5 Å². The van der Waals surface area contributed by atoms with E-state index >= 15 is 0 Å². The van der Waals surface area contributed by atoms with E-state index in [1.54, 1.807) is 0 Å². The van der Waals surface area contributed by atoms with Crippen molar-refractivity contribution in [3.8, 4) is 0 Å². The summed E-state index contributed by atoms with van der Waals surface area (Å²) >= 11 is 3.03. The van der Waals surface area contributed by atoms with Crippen LogP contribution >= 0.6 is 15.9 Å². The van der Waals surface area contributed by atoms with Gasteiger partial charge in [0.1, 0.15) is 22.3 Å². The molecule has 2 aromatic rings. The third-order valence-corrected chi connectivity index (χ3v) is 4.89. The predicted octanol–water partition coefficient (Wildman–Crippen LogP) is 3.42. The second-order valence-electron chi connectivity index (χ2n) is 4.31. The van der Waals surface area contributed by atoms with Crippen LogP contribution in [-0.2, 0) is 15.6 Å². The SMILES string of the molecule is Nc1cc(F)c(S(=O)(=O)Cc2ccc(Br)cc2F)c(F)c1. The van der Waals surface area contributed by atoms with Crippen molar-refractivity contribution in [2.24, 2.45) is 0 Å². The van der Waals surface area contributed by atoms with Gasteiger partial charge < -0.3 is 5.73 Å². The number of anilines is 1. The minimum atomic E-state index is -4.39. The summed E-state index contributed by atoms with van der Waals surface area (Å²) in [5.41, 5.74) is 4.80. The van der Waals surface area contributed by atoms with E-state index in [0.717, 1.165) is 6.07 Å². The first kappa shape index (κ1) is 15.8. The molecule has 21 heavy (non-hydrogen) atoms. The highest BCUT2D eigenvalue weighted by molar-refractivity contribution is 9.10. The molecule has 0 fully saturated rings. The minimum absolute atomic E-state index is 0.186. The highest BCUT2D eigenvalue weighted by Crippen LogP contribution is 2.26. The Morgan fingerprint density at radius 2 is 1.57 bits per heavy atom. The van der Waals surface area contributed by atoms with E-state index in [9.17, 15) is 21.6 Å². The van der Waals surface area contributed by atoms with E-state index < -0.39 is 37.9 Å². The number of nitrogen functional groups attached to an aromatic ring is 1. The van der Waals surface area contributed by atoms with Crippen LogP contribution < -0.4 is 5.73 Å². The van der Waals surface area contributed by atoms with Crippen molar-refractivity contribution in [1.29, 1.82) is 0 Å². The third-order valence-electron chi connectivity index (χ3n) is 2.69. The third kappa shape index (κ3) is 3.38. The quantitative estimate of drug-likeness (QED) is 0.831. The second-order valence-corrected chi connectivity index (χ2v) is 7.15. The summed E-state index contributed by atoms with van der Waals surface area (Å²) < 4.78 is 65.6. The highest BCUT2D eigenvalue weighted by atomic mass is 79.9. The Morgan fingerprint density at radius 3 is 2.10 bits per heavy atom. The van der Waals surface area contributed by atoms with E-state index in [1.807, 2.05) is 0 Å². The summed E-state index contributed by atoms with van der Waals surface area (Å²) in [6.07, 6.45) is 0. The zero-order chi connectivity index (χ0) is 15.8. The van der Waals surface area contributed by atoms with E-state index in [0.29, 0.717) is 16.6 Å². The monoisotopic (exact) mass is 379 g/mol. The number of rotatable bonds is 3. The van der Waals surface area contributed by atoms with Crippen LogP contribution in [0.1, 0.15) is 5.56 Å². The fourth-order valence-corrected chi connectivity index (χ4v) is 3.63. The van der Waals surface area contributed by atoms with E-state index in [4.69, 9.17) is 5.73 Å². The number of benzene rings is 2. The maximum Gasteiger partial charge on any atom is 0.188 e. The molecule has 0 radical (unpaired) electrons. The number of hydrogen-bond donors (Lipinski definition) is 1. The minimum Gasteiger partial charge on any atom is -0.399 e. The average Bonchev–Trinajstić information content (AvgIpc) is 2.30. The molecule has 0 aromatic heterocycles. The Labute approximate surface area is 127 Å². The van der Waals surface area contributed by atoms with Crippen LogP contribution in [-0.4, -0.2) is 8.42 Å². The highest BCUT2D eigenvalue weighted by Gasteiger charge is 2.26. The molecule has 0 aliphatic carbocycles. The number of hydrogen-bond acceptors (Lipinski definition) is 3. The Morgan fingerprint density at radius 1 is 1.00 bits per heavy atom. The lowest BCUT2D eigenvalue weighted by Gasteiger charge is -2.09. The smallest absolute Gasteiger partial charge is 0.188 e. The van der Waals surface area contributed by atoms with Gasteiger partial charge in [-0.1, -0.05) is 22.0 Å². The van der Waals surface area contributed by atoms with Gasteiger partial charge in [-0.05, 0) is 24.3 Å². The standard InChI is InChI=1S/C13H9BrF3NO2S/c14-8-2-1-7(10(15)3-8)6-21(19,20)13-11(16)4-9(18)5-12(13)17/h1-5H,6,18H2. The molecular formula is C13H9BrF3NO2S. The Bertz CT molecular complexity index is 786. The van der Waals surface area contributed by atoms with Crippen molar-refractivity contribution < 1.29 is 21.6 Å². The summed E-state index contributed by atoms with van der Waals surface area (Å²) in [5, 5.41) is 0. The fraction of sp³-hybridized carbons (Fsp3) is 0.0769. The van der Waals surface area contributed by atoms with Crippen LogP contribution in [0.4, 0.5) is 18.9 Å². The van der Waals surface area contributed by atoms with Gasteiger partial charge in [0, 0.05) is 15.7 Å². The lowest BCUT2D eigenvalue weighted by atomic mass is 10.2. The van der Waals surface area contributed by atoms with Crippen molar-refractivity contribution in [2.45, 2.75) is 10.6 Å². The number of sulfone groups is 1. The number of nitrogens with two attached hydrogens (primary N) is 1. The average molecular weight is 380 g/mol. The first-order chi connectivity index (χ1) is 9.70. The summed E-state index contributed by atoms with van der Waals surface area (Å²) in [4.78, 5) is -1.11. The van der Waals surface area contributed by atoms with Gasteiger partial charge in [0.15, 0.2) is 9.84 Å². The molecule has 3 nitrogen and oxygen atoms in total. The molecule has 8 heteroatoms. The Hall–Kier alpha value is -1.54. The van der Waals surface area contributed by atoms with Crippen LogP contribution in [0, 0.1) is 17.5 Å². The summed E-state index contributed by atoms with van der Waals surface area (Å²) in [6, 6.07) is 5.13. The predicted molar refractivity (Wildman–Crippen MR) is 75.8 cm³/mol. The van der Waals surface area contributed by atoms with E-state index in [1.165, 1.54) is 12.1 Å². The Kier molecular flexibility index (Phi) is 4.29. The molecule has 0 heterocycles. The van der Waals surface area contributed by atoms with E-state index in [-0.39, 0.29) is 11.3 Å². The molecule has 0 aliphatic heterocycles. The Balaban J connectivity index is 2.48. The lowest BCUT2D eigenvalue weighted by molar-refractivity contribution is 0.519. The zero-order valence-corrected chi connectivity index (χ0v) is 12.8. The van der Waals surface area contributed by atoms with Gasteiger partial charge in [-0.15, -0.1) is 0 Å². The maximum absolute atomic E-state index is 13.7. The molecule has 2 aromatic carbocycles. The second kappa shape index (κ2) is 5.69. The van der Waals surface area contributed by atoms with Crippen LogP contribution in [0.25, 0.3) is 0 Å². The molecule has 0 atom stereocenters. The van der Waals surface area contributed by atoms with E-state index in [2.05, 4.69) is 15.9 Å². The lowest BCUT2D eigenvalue weighted by Crippen LogP contribution is -2.11. The van der Waals surface area contributed by atoms with Crippen molar-refractivity contribution in [1.82, 2.24) is 0 Å². The molecule has 0 spiro atoms. The number of halogens is 4. The summed E-state index contributed by atoms with van der Waals surface area (Å²) in [6.45, 7) is 0. The van der Waals surface area contributed by atoms with Crippen molar-refractivity contribution in [3.63, 3.8) is 0 Å². The summed E-state index contributed by atoms with van der Waals surface area (Å²) in [5.74, 6) is -4.25. The summed E-state index contributed by atoms with van der Waals surface area (Å²) in [7, 11) is -4.39. The first-order valence-corrected chi connectivity index (χ1v) is 8.06. The van der Waals surface area contributed by atoms with Crippen LogP contribution in [0.5, 0.6) is 0 Å². The topological polar surface area (TPSA) is 60.2 Å². The molecule has 0 bridgehead atoms. The van der Waals surface area contributed by atoms with Gasteiger partial charge in [0.25, 0.3) is 0 Å². The van der Waals surface area contributed by atoms with Crippen LogP contribution in [0.15, 0.2) is 39.7 Å². The molecule has 0 aliphatic rings. The molecule has 0 amide bonds. The van der Waals surface area contributed by atoms with Gasteiger partial charge in [0.2, 0.25) is 0 Å². The maximum atomic E-state index is 13.7. The molecule has 2 N–H and O–H groups in total. The molecule has 112 valence electrons. The zero-order valence-electron chi connectivity index (χ0n) is 10.4. The normalized spacial score (nSPS) is 11.6. The molecule has 0 saturated heterocycles. The van der Waals surface area contributed by atoms with Gasteiger partial charge >= 0.3 is 0 Å². The van der Waals surface area contributed by atoms with Crippen molar-refractivity contribution in [2.75, 3.05) is 5.73 Å². The van der Waals surface area contributed by atoms with Gasteiger partial charge in [0.05, 0.1) is 5.75 Å². The van der Waals surface area contributed by atoms with Crippen molar-refractivity contribution in [3.05, 3.63) is 57.8 Å². The largest absolute Gasteiger partial charge is 0.399 e. The van der Waals surface area contributed by atoms with Crippen LogP contribution in [0.2, 0.25) is 0 Å². The first-order valence-electron chi connectivity index (χ1n) is 5.62.